The Bertz CT molecular complexity index is 357. The number of amides is 2. The van der Waals surface area contributed by atoms with Gasteiger partial charge in [-0.2, -0.15) is 0 Å². The molecule has 2 amide bonds. The van der Waals surface area contributed by atoms with Crippen LogP contribution in [0.15, 0.2) is 0 Å². The molecule has 2 atom stereocenters. The van der Waals surface area contributed by atoms with Crippen LogP contribution in [0.1, 0.15) is 38.5 Å². The van der Waals surface area contributed by atoms with E-state index in [-0.39, 0.29) is 17.7 Å². The molecular weight excluding hydrogens is 256 g/mol. The second-order valence-electron chi connectivity index (χ2n) is 6.52. The molecule has 0 aromatic carbocycles. The van der Waals surface area contributed by atoms with Crippen LogP contribution in [0.3, 0.4) is 0 Å². The van der Waals surface area contributed by atoms with Gasteiger partial charge in [-0.1, -0.05) is 0 Å². The van der Waals surface area contributed by atoms with Crippen molar-refractivity contribution in [3.63, 3.8) is 0 Å². The molecule has 0 aromatic heterocycles. The second-order valence-corrected chi connectivity index (χ2v) is 6.52. The Morgan fingerprint density at radius 3 is 2.95 bits per heavy atom. The molecule has 3 aliphatic rings. The molecule has 20 heavy (non-hydrogen) atoms. The molecule has 1 aliphatic carbocycles. The smallest absolute Gasteiger partial charge is 0.317 e. The Morgan fingerprint density at radius 2 is 2.30 bits per heavy atom. The van der Waals surface area contributed by atoms with Crippen LogP contribution in [0.5, 0.6) is 0 Å². The summed E-state index contributed by atoms with van der Waals surface area (Å²) in [5, 5.41) is 3.10. The highest BCUT2D eigenvalue weighted by Crippen LogP contribution is 2.43. The third-order valence-corrected chi connectivity index (χ3v) is 5.17. The van der Waals surface area contributed by atoms with Gasteiger partial charge in [-0.3, -0.25) is 0 Å². The monoisotopic (exact) mass is 282 g/mol. The van der Waals surface area contributed by atoms with Crippen molar-refractivity contribution in [1.29, 1.82) is 0 Å². The summed E-state index contributed by atoms with van der Waals surface area (Å²) in [6.07, 6.45) is 7.06. The van der Waals surface area contributed by atoms with Gasteiger partial charge >= 0.3 is 6.03 Å². The van der Waals surface area contributed by atoms with E-state index < -0.39 is 0 Å². The minimum atomic E-state index is 0.0682. The van der Waals surface area contributed by atoms with Crippen LogP contribution in [0.4, 0.5) is 4.79 Å². The first-order valence-electron chi connectivity index (χ1n) is 7.90. The Morgan fingerprint density at radius 1 is 1.45 bits per heavy atom. The minimum Gasteiger partial charge on any atom is -0.380 e. The Kier molecular flexibility index (Phi) is 4.17. The number of nitrogens with one attached hydrogen (secondary N) is 1. The van der Waals surface area contributed by atoms with E-state index in [1.807, 2.05) is 4.90 Å². The summed E-state index contributed by atoms with van der Waals surface area (Å²) < 4.78 is 11.2. The summed E-state index contributed by atoms with van der Waals surface area (Å²) in [4.78, 5) is 14.0. The Labute approximate surface area is 121 Å². The SMILES string of the molecule is CO[C@H]1CCN(C(=O)NCC2CCOC3(CCC3)C2)C1. The van der Waals surface area contributed by atoms with Crippen LogP contribution in [0.2, 0.25) is 0 Å². The van der Waals surface area contributed by atoms with Crippen molar-refractivity contribution < 1.29 is 14.3 Å². The maximum Gasteiger partial charge on any atom is 0.317 e. The molecule has 114 valence electrons. The molecule has 1 saturated carbocycles. The summed E-state index contributed by atoms with van der Waals surface area (Å²) in [6, 6.07) is 0.0682. The lowest BCUT2D eigenvalue weighted by Gasteiger charge is -2.47. The number of methoxy groups -OCH3 is 1. The van der Waals surface area contributed by atoms with E-state index >= 15 is 0 Å². The zero-order valence-electron chi connectivity index (χ0n) is 12.4. The minimum absolute atomic E-state index is 0.0682. The predicted octanol–water partition coefficient (Wildman–Crippen LogP) is 1.77. The molecule has 5 nitrogen and oxygen atoms in total. The molecule has 2 heterocycles. The van der Waals surface area contributed by atoms with E-state index in [0.29, 0.717) is 5.92 Å². The van der Waals surface area contributed by atoms with E-state index in [9.17, 15) is 4.79 Å². The quantitative estimate of drug-likeness (QED) is 0.858. The van der Waals surface area contributed by atoms with Crippen molar-refractivity contribution in [2.45, 2.75) is 50.2 Å². The first kappa shape index (κ1) is 14.1. The van der Waals surface area contributed by atoms with Crippen LogP contribution >= 0.6 is 0 Å². The van der Waals surface area contributed by atoms with Gasteiger partial charge in [-0.15, -0.1) is 0 Å². The molecule has 3 fully saturated rings. The largest absolute Gasteiger partial charge is 0.380 e. The van der Waals surface area contributed by atoms with Gasteiger partial charge in [0.1, 0.15) is 0 Å². The highest BCUT2D eigenvalue weighted by molar-refractivity contribution is 5.74. The zero-order valence-corrected chi connectivity index (χ0v) is 12.4. The number of hydrogen-bond acceptors (Lipinski definition) is 3. The molecule has 2 aliphatic heterocycles. The molecular formula is C15H26N2O3. The molecule has 1 unspecified atom stereocenters. The van der Waals surface area contributed by atoms with Crippen LogP contribution in [0.25, 0.3) is 0 Å². The van der Waals surface area contributed by atoms with Crippen LogP contribution in [-0.4, -0.2) is 56.0 Å². The number of carbonyl (C=O) groups excluding carboxylic acids is 1. The summed E-state index contributed by atoms with van der Waals surface area (Å²) in [7, 11) is 1.71. The number of ether oxygens (including phenoxy) is 2. The van der Waals surface area contributed by atoms with E-state index in [1.54, 1.807) is 7.11 Å². The van der Waals surface area contributed by atoms with Gasteiger partial charge in [-0.05, 0) is 44.4 Å². The summed E-state index contributed by atoms with van der Waals surface area (Å²) in [5.74, 6) is 0.578. The molecule has 0 aromatic rings. The summed E-state index contributed by atoms with van der Waals surface area (Å²) in [5.41, 5.74) is 0.169. The van der Waals surface area contributed by atoms with Gasteiger partial charge in [0.05, 0.1) is 11.7 Å². The number of carbonyl (C=O) groups is 1. The molecule has 5 heteroatoms. The number of urea groups is 1. The van der Waals surface area contributed by atoms with Crippen molar-refractivity contribution in [2.24, 2.45) is 5.92 Å². The van der Waals surface area contributed by atoms with Gasteiger partial charge in [0, 0.05) is 33.4 Å². The second kappa shape index (κ2) is 5.90. The third-order valence-electron chi connectivity index (χ3n) is 5.17. The molecule has 0 bridgehead atoms. The fourth-order valence-electron chi connectivity index (χ4n) is 3.67. The van der Waals surface area contributed by atoms with Gasteiger partial charge in [0.25, 0.3) is 0 Å². The molecule has 3 rings (SSSR count). The molecule has 2 saturated heterocycles. The van der Waals surface area contributed by atoms with Crippen LogP contribution in [-0.2, 0) is 9.47 Å². The predicted molar refractivity (Wildman–Crippen MR) is 75.6 cm³/mol. The maximum atomic E-state index is 12.1. The lowest BCUT2D eigenvalue weighted by molar-refractivity contribution is -0.142. The lowest BCUT2D eigenvalue weighted by atomic mass is 9.72. The summed E-state index contributed by atoms with van der Waals surface area (Å²) >= 11 is 0. The Hall–Kier alpha value is -0.810. The average molecular weight is 282 g/mol. The van der Waals surface area contributed by atoms with Crippen LogP contribution < -0.4 is 5.32 Å². The van der Waals surface area contributed by atoms with E-state index in [2.05, 4.69) is 5.32 Å². The van der Waals surface area contributed by atoms with Gasteiger partial charge in [0.15, 0.2) is 0 Å². The number of hydrogen-bond donors (Lipinski definition) is 1. The van der Waals surface area contributed by atoms with Gasteiger partial charge in [0.2, 0.25) is 0 Å². The van der Waals surface area contributed by atoms with Gasteiger partial charge < -0.3 is 19.7 Å². The van der Waals surface area contributed by atoms with Crippen molar-refractivity contribution in [3.05, 3.63) is 0 Å². The maximum absolute atomic E-state index is 12.1. The van der Waals surface area contributed by atoms with E-state index in [4.69, 9.17) is 9.47 Å². The first-order chi connectivity index (χ1) is 9.71. The number of nitrogens with zero attached hydrogens (tertiary/aromatic N) is 1. The molecule has 1 spiro atoms. The van der Waals surface area contributed by atoms with Crippen molar-refractivity contribution in [2.75, 3.05) is 33.4 Å². The molecule has 1 N–H and O–H groups in total. The molecule has 0 radical (unpaired) electrons. The lowest BCUT2D eigenvalue weighted by Crippen LogP contribution is -2.48. The first-order valence-corrected chi connectivity index (χ1v) is 7.90. The van der Waals surface area contributed by atoms with Crippen molar-refractivity contribution in [3.8, 4) is 0 Å². The highest BCUT2D eigenvalue weighted by Gasteiger charge is 2.42. The number of likely N-dealkylation sites (tertiary alicyclic amines) is 1. The highest BCUT2D eigenvalue weighted by atomic mass is 16.5. The van der Waals surface area contributed by atoms with Gasteiger partial charge in [-0.25, -0.2) is 4.79 Å². The summed E-state index contributed by atoms with van der Waals surface area (Å²) in [6.45, 7) is 3.18. The van der Waals surface area contributed by atoms with Crippen molar-refractivity contribution >= 4 is 6.03 Å². The fraction of sp³-hybridized carbons (Fsp3) is 0.933. The Balaban J connectivity index is 1.41. The topological polar surface area (TPSA) is 50.8 Å². The van der Waals surface area contributed by atoms with Crippen molar-refractivity contribution in [1.82, 2.24) is 10.2 Å². The number of rotatable bonds is 3. The van der Waals surface area contributed by atoms with Crippen LogP contribution in [0, 0.1) is 5.92 Å². The average Bonchev–Trinajstić information content (AvgIpc) is 2.92. The normalized spacial score (nSPS) is 32.1. The third kappa shape index (κ3) is 2.93. The zero-order chi connectivity index (χ0) is 14.0. The standard InChI is InChI=1S/C15H26N2O3/c1-19-13-3-7-17(11-13)14(18)16-10-12-4-8-20-15(9-12)5-2-6-15/h12-13H,2-11H2,1H3,(H,16,18)/t12?,13-/m0/s1. The van der Waals surface area contributed by atoms with E-state index in [1.165, 1.54) is 19.3 Å². The van der Waals surface area contributed by atoms with E-state index in [0.717, 1.165) is 45.5 Å². The fourth-order valence-corrected chi connectivity index (χ4v) is 3.67.